The Morgan fingerprint density at radius 1 is 1.14 bits per heavy atom. The van der Waals surface area contributed by atoms with Crippen molar-refractivity contribution in [2.75, 3.05) is 0 Å². The summed E-state index contributed by atoms with van der Waals surface area (Å²) in [6.07, 6.45) is 0. The van der Waals surface area contributed by atoms with Crippen LogP contribution in [-0.4, -0.2) is 17.5 Å². The molecule has 0 saturated carbocycles. The second-order valence-electron chi connectivity index (χ2n) is 0.448. The quantitative estimate of drug-likeness (QED) is 0.461. The van der Waals surface area contributed by atoms with E-state index in [9.17, 15) is 0 Å². The van der Waals surface area contributed by atoms with Gasteiger partial charge in [0.2, 0.25) is 0 Å². The minimum absolute atomic E-state index is 0. The molecule has 0 aliphatic rings. The molecule has 0 spiro atoms. The summed E-state index contributed by atoms with van der Waals surface area (Å²) >= 11 is 0. The Hall–Kier alpha value is 0.934. The minimum Gasteiger partial charge on any atom is -0.344 e. The van der Waals surface area contributed by atoms with Crippen molar-refractivity contribution in [2.24, 2.45) is 0 Å². The van der Waals surface area contributed by atoms with Crippen LogP contribution in [0.3, 0.4) is 0 Å². The monoisotopic (exact) mass is 204 g/mol. The molecule has 0 aliphatic carbocycles. The molecule has 0 fully saturated rings. The van der Waals surface area contributed by atoms with Crippen LogP contribution in [-0.2, 0) is 43.1 Å². The molecule has 7 heavy (non-hydrogen) atoms. The van der Waals surface area contributed by atoms with Gasteiger partial charge in [0.15, 0.2) is 0 Å². The van der Waals surface area contributed by atoms with Crippen LogP contribution < -0.4 is 6.15 Å². The van der Waals surface area contributed by atoms with Crippen LogP contribution in [0.4, 0.5) is 0 Å². The molecule has 0 unspecified atom stereocenters. The van der Waals surface area contributed by atoms with E-state index < -0.39 is 10.4 Å². The van der Waals surface area contributed by atoms with Gasteiger partial charge in [0, 0.05) is 32.7 Å². The van der Waals surface area contributed by atoms with E-state index in [2.05, 4.69) is 0 Å². The minimum atomic E-state index is -4.67. The molecule has 0 amide bonds. The standard InChI is InChI=1S/H3N.H2O4S.Y/c;1-5(2,3)4;/h1H3;(H2,1,2,3,4);. The first-order chi connectivity index (χ1) is 2.00. The first kappa shape index (κ1) is 15.7. The fourth-order valence-electron chi connectivity index (χ4n) is 0. The van der Waals surface area contributed by atoms with Crippen LogP contribution in [0.25, 0.3) is 0 Å². The van der Waals surface area contributed by atoms with Crippen LogP contribution in [0.2, 0.25) is 0 Å². The Labute approximate surface area is 66.5 Å². The molecule has 1 radical (unpaired) electrons. The van der Waals surface area contributed by atoms with Gasteiger partial charge in [0.05, 0.1) is 0 Å². The molecule has 0 saturated heterocycles. The molecule has 0 aromatic heterocycles. The molecule has 0 heterocycles. The van der Waals surface area contributed by atoms with Gasteiger partial charge < -0.3 is 6.15 Å². The summed E-state index contributed by atoms with van der Waals surface area (Å²) in [5.74, 6) is 0. The summed E-state index contributed by atoms with van der Waals surface area (Å²) in [6.45, 7) is 0. The van der Waals surface area contributed by atoms with Gasteiger partial charge in [-0.2, -0.15) is 8.42 Å². The topological polar surface area (TPSA) is 110 Å². The fourth-order valence-corrected chi connectivity index (χ4v) is 0. The molecule has 43 valence electrons. The predicted octanol–water partition coefficient (Wildman–Crippen LogP) is -0.493. The first-order valence-electron chi connectivity index (χ1n) is 0.698. The van der Waals surface area contributed by atoms with Crippen molar-refractivity contribution >= 4 is 10.4 Å². The van der Waals surface area contributed by atoms with E-state index in [1.165, 1.54) is 0 Å². The van der Waals surface area contributed by atoms with Crippen LogP contribution in [0.1, 0.15) is 0 Å². The van der Waals surface area contributed by atoms with Gasteiger partial charge in [-0.05, 0) is 0 Å². The van der Waals surface area contributed by atoms with Gasteiger partial charge in [0.25, 0.3) is 0 Å². The molecule has 0 aliphatic heterocycles. The molecular formula is H5NO4SY. The molecule has 0 atom stereocenters. The van der Waals surface area contributed by atoms with Crippen molar-refractivity contribution in [3.8, 4) is 0 Å². The molecular weight excluding hydrogens is 199 g/mol. The second-order valence-corrected chi connectivity index (χ2v) is 1.34. The molecule has 0 bridgehead atoms. The summed E-state index contributed by atoms with van der Waals surface area (Å²) in [7, 11) is -4.67. The van der Waals surface area contributed by atoms with Crippen LogP contribution in [0.15, 0.2) is 0 Å². The molecule has 0 rings (SSSR count). The third-order valence-corrected chi connectivity index (χ3v) is 0. The Bertz CT molecular complexity index is 94.9. The van der Waals surface area contributed by atoms with E-state index in [1.54, 1.807) is 0 Å². The van der Waals surface area contributed by atoms with E-state index in [0.29, 0.717) is 0 Å². The summed E-state index contributed by atoms with van der Waals surface area (Å²) in [5.41, 5.74) is 0. The number of rotatable bonds is 0. The van der Waals surface area contributed by atoms with Crippen molar-refractivity contribution in [1.29, 1.82) is 0 Å². The third-order valence-electron chi connectivity index (χ3n) is 0. The first-order valence-corrected chi connectivity index (χ1v) is 2.10. The average Bonchev–Trinajstić information content (AvgIpc) is 0.722. The van der Waals surface area contributed by atoms with Gasteiger partial charge in [-0.15, -0.1) is 0 Å². The number of hydrogen-bond acceptors (Lipinski definition) is 3. The maximum absolute atomic E-state index is 8.74. The summed E-state index contributed by atoms with van der Waals surface area (Å²) in [5, 5.41) is 0. The SMILES string of the molecule is N.O=S(=O)(O)O.[Y]. The number of hydrogen-bond donors (Lipinski definition) is 3. The normalized spacial score (nSPS) is 8.29. The molecule has 5 N–H and O–H groups in total. The van der Waals surface area contributed by atoms with E-state index in [0.717, 1.165) is 0 Å². The Morgan fingerprint density at radius 2 is 1.14 bits per heavy atom. The van der Waals surface area contributed by atoms with Gasteiger partial charge >= 0.3 is 10.4 Å². The Morgan fingerprint density at radius 3 is 1.14 bits per heavy atom. The largest absolute Gasteiger partial charge is 0.394 e. The van der Waals surface area contributed by atoms with Crippen LogP contribution >= 0.6 is 0 Å². The van der Waals surface area contributed by atoms with Crippen LogP contribution in [0, 0.1) is 0 Å². The maximum Gasteiger partial charge on any atom is 0.394 e. The fraction of sp³-hybridized carbons (Fsp3) is 0. The zero-order valence-corrected chi connectivity index (χ0v) is 7.06. The van der Waals surface area contributed by atoms with E-state index in [-0.39, 0.29) is 38.9 Å². The predicted molar refractivity (Wildman–Crippen MR) is 19.2 cm³/mol. The average molecular weight is 204 g/mol. The second kappa shape index (κ2) is 5.08. The van der Waals surface area contributed by atoms with Crippen molar-refractivity contribution in [3.05, 3.63) is 0 Å². The molecule has 0 aromatic rings. The molecule has 7 heteroatoms. The van der Waals surface area contributed by atoms with Crippen molar-refractivity contribution in [3.63, 3.8) is 0 Å². The van der Waals surface area contributed by atoms with Gasteiger partial charge in [-0.25, -0.2) is 0 Å². The van der Waals surface area contributed by atoms with Crippen molar-refractivity contribution in [2.45, 2.75) is 0 Å². The van der Waals surface area contributed by atoms with Crippen molar-refractivity contribution in [1.82, 2.24) is 6.15 Å². The molecule has 0 aromatic carbocycles. The third kappa shape index (κ3) is 194. The van der Waals surface area contributed by atoms with Crippen molar-refractivity contribution < 1.29 is 50.2 Å². The van der Waals surface area contributed by atoms with E-state index >= 15 is 0 Å². The van der Waals surface area contributed by atoms with Gasteiger partial charge in [0.1, 0.15) is 0 Å². The summed E-state index contributed by atoms with van der Waals surface area (Å²) < 4.78 is 31.6. The smallest absolute Gasteiger partial charge is 0.344 e. The van der Waals surface area contributed by atoms with E-state index in [4.69, 9.17) is 17.5 Å². The maximum atomic E-state index is 8.74. The summed E-state index contributed by atoms with van der Waals surface area (Å²) in [4.78, 5) is 0. The molecule has 5 nitrogen and oxygen atoms in total. The van der Waals surface area contributed by atoms with Gasteiger partial charge in [-0.1, -0.05) is 0 Å². The zero-order valence-electron chi connectivity index (χ0n) is 3.40. The van der Waals surface area contributed by atoms with Gasteiger partial charge in [-0.3, -0.25) is 9.11 Å². The van der Waals surface area contributed by atoms with E-state index in [1.807, 2.05) is 0 Å². The Kier molecular flexibility index (Phi) is 11.4. The zero-order chi connectivity index (χ0) is 4.50. The Balaban J connectivity index is -0.0000000800. The summed E-state index contributed by atoms with van der Waals surface area (Å²) in [6, 6.07) is 0. The van der Waals surface area contributed by atoms with Crippen LogP contribution in [0.5, 0.6) is 0 Å².